The number of benzene rings is 2. The molecule has 1 aliphatic rings. The molecule has 26 heavy (non-hydrogen) atoms. The number of fused-ring (bicyclic) bond motifs is 1. The monoisotopic (exact) mass is 368 g/mol. The number of nitrogens with zero attached hydrogens (tertiary/aromatic N) is 2. The van der Waals surface area contributed by atoms with Crippen molar-refractivity contribution in [1.82, 2.24) is 9.55 Å². The zero-order valence-corrected chi connectivity index (χ0v) is 16.2. The summed E-state index contributed by atoms with van der Waals surface area (Å²) < 4.78 is 7.91. The molecule has 0 radical (unpaired) electrons. The molecular weight excluding hydrogens is 344 g/mol. The van der Waals surface area contributed by atoms with Crippen LogP contribution in [-0.4, -0.2) is 22.8 Å². The van der Waals surface area contributed by atoms with Crippen molar-refractivity contribution in [2.24, 2.45) is 5.92 Å². The lowest BCUT2D eigenvalue weighted by molar-refractivity contribution is 0.184. The highest BCUT2D eigenvalue weighted by atomic mass is 35.5. The number of aromatic nitrogens is 2. The summed E-state index contributed by atoms with van der Waals surface area (Å²) in [5, 5.41) is 0.775. The summed E-state index contributed by atoms with van der Waals surface area (Å²) in [4.78, 5) is 4.99. The van der Waals surface area contributed by atoms with Crippen LogP contribution in [0.4, 0.5) is 0 Å². The van der Waals surface area contributed by atoms with Gasteiger partial charge in [0.15, 0.2) is 0 Å². The summed E-state index contributed by atoms with van der Waals surface area (Å²) >= 11 is 6.05. The fourth-order valence-electron chi connectivity index (χ4n) is 3.71. The van der Waals surface area contributed by atoms with E-state index in [1.807, 2.05) is 12.1 Å². The third-order valence-electron chi connectivity index (χ3n) is 5.50. The molecule has 0 amide bonds. The normalized spacial score (nSPS) is 17.3. The lowest BCUT2D eigenvalue weighted by Crippen LogP contribution is -2.08. The van der Waals surface area contributed by atoms with Crippen LogP contribution in [0.5, 0.6) is 0 Å². The van der Waals surface area contributed by atoms with Crippen LogP contribution in [0.15, 0.2) is 36.4 Å². The summed E-state index contributed by atoms with van der Waals surface area (Å²) in [6.45, 7) is 6.96. The van der Waals surface area contributed by atoms with E-state index >= 15 is 0 Å². The zero-order chi connectivity index (χ0) is 18.1. The first-order valence-corrected chi connectivity index (χ1v) is 9.76. The highest BCUT2D eigenvalue weighted by molar-refractivity contribution is 6.30. The Morgan fingerprint density at radius 1 is 1.15 bits per heavy atom. The van der Waals surface area contributed by atoms with Gasteiger partial charge in [0.25, 0.3) is 0 Å². The molecule has 4 rings (SSSR count). The van der Waals surface area contributed by atoms with Crippen LogP contribution in [0.25, 0.3) is 11.0 Å². The summed E-state index contributed by atoms with van der Waals surface area (Å²) in [6, 6.07) is 12.6. The van der Waals surface area contributed by atoms with Gasteiger partial charge in [0.2, 0.25) is 0 Å². The van der Waals surface area contributed by atoms with E-state index in [0.29, 0.717) is 5.92 Å². The Hall–Kier alpha value is -1.84. The molecule has 1 aromatic heterocycles. The number of hydrogen-bond donors (Lipinski definition) is 0. The Morgan fingerprint density at radius 3 is 2.65 bits per heavy atom. The lowest BCUT2D eigenvalue weighted by atomic mass is 10.0. The van der Waals surface area contributed by atoms with Gasteiger partial charge in [0, 0.05) is 31.2 Å². The molecule has 0 bridgehead atoms. The number of ether oxygens (including phenoxy) is 1. The van der Waals surface area contributed by atoms with Crippen LogP contribution < -0.4 is 0 Å². The van der Waals surface area contributed by atoms with Crippen LogP contribution in [0.1, 0.15) is 35.4 Å². The summed E-state index contributed by atoms with van der Waals surface area (Å²) in [7, 11) is 0. The van der Waals surface area contributed by atoms with Crippen molar-refractivity contribution in [2.75, 3.05) is 13.2 Å². The average Bonchev–Trinajstić information content (AvgIpc) is 3.25. The number of hydrogen-bond acceptors (Lipinski definition) is 2. The van der Waals surface area contributed by atoms with E-state index < -0.39 is 0 Å². The maximum atomic E-state index is 6.05. The second-order valence-electron chi connectivity index (χ2n) is 7.43. The first-order chi connectivity index (χ1) is 12.6. The number of imidazole rings is 1. The molecule has 0 N–H and O–H groups in total. The van der Waals surface area contributed by atoms with Crippen LogP contribution >= 0.6 is 11.6 Å². The van der Waals surface area contributed by atoms with Gasteiger partial charge < -0.3 is 9.30 Å². The number of rotatable bonds is 5. The maximum absolute atomic E-state index is 6.05. The predicted octanol–water partition coefficient (Wildman–Crippen LogP) is 5.32. The highest BCUT2D eigenvalue weighted by Crippen LogP contribution is 2.25. The molecule has 0 aliphatic carbocycles. The van der Waals surface area contributed by atoms with E-state index in [2.05, 4.69) is 42.7 Å². The SMILES string of the molecule is Cc1cc2nc(CCC3CCOC3)n(Cc3ccc(Cl)cc3)c2cc1C. The Labute approximate surface area is 160 Å². The molecule has 3 nitrogen and oxygen atoms in total. The molecule has 1 aliphatic heterocycles. The van der Waals surface area contributed by atoms with Crippen molar-refractivity contribution >= 4 is 22.6 Å². The van der Waals surface area contributed by atoms with Gasteiger partial charge >= 0.3 is 0 Å². The molecule has 1 saturated heterocycles. The topological polar surface area (TPSA) is 27.1 Å². The summed E-state index contributed by atoms with van der Waals surface area (Å²) in [5.41, 5.74) is 6.17. The largest absolute Gasteiger partial charge is 0.381 e. The molecule has 1 fully saturated rings. The lowest BCUT2D eigenvalue weighted by Gasteiger charge is -2.12. The first-order valence-electron chi connectivity index (χ1n) is 9.38. The average molecular weight is 369 g/mol. The van der Waals surface area contributed by atoms with Crippen molar-refractivity contribution in [3.8, 4) is 0 Å². The maximum Gasteiger partial charge on any atom is 0.110 e. The fourth-order valence-corrected chi connectivity index (χ4v) is 3.84. The number of halogens is 1. The van der Waals surface area contributed by atoms with Gasteiger partial charge in [-0.25, -0.2) is 4.98 Å². The van der Waals surface area contributed by atoms with E-state index in [9.17, 15) is 0 Å². The van der Waals surface area contributed by atoms with E-state index in [-0.39, 0.29) is 0 Å². The molecule has 136 valence electrons. The molecule has 0 saturated carbocycles. The van der Waals surface area contributed by atoms with Gasteiger partial charge in [0.1, 0.15) is 5.82 Å². The van der Waals surface area contributed by atoms with E-state index in [1.165, 1.54) is 34.5 Å². The van der Waals surface area contributed by atoms with Gasteiger partial charge in [-0.1, -0.05) is 23.7 Å². The Bertz CT molecular complexity index is 908. The van der Waals surface area contributed by atoms with Crippen molar-refractivity contribution < 1.29 is 4.74 Å². The summed E-state index contributed by atoms with van der Waals surface area (Å²) in [6.07, 6.45) is 3.31. The van der Waals surface area contributed by atoms with Gasteiger partial charge in [-0.3, -0.25) is 0 Å². The molecule has 1 unspecified atom stereocenters. The van der Waals surface area contributed by atoms with Crippen molar-refractivity contribution in [2.45, 2.75) is 39.7 Å². The Kier molecular flexibility index (Phi) is 5.01. The van der Waals surface area contributed by atoms with Gasteiger partial charge in [-0.15, -0.1) is 0 Å². The predicted molar refractivity (Wildman–Crippen MR) is 107 cm³/mol. The van der Waals surface area contributed by atoms with Crippen molar-refractivity contribution in [3.63, 3.8) is 0 Å². The van der Waals surface area contributed by atoms with E-state index in [4.69, 9.17) is 21.3 Å². The molecule has 2 aromatic carbocycles. The quantitative estimate of drug-likeness (QED) is 0.609. The third-order valence-corrected chi connectivity index (χ3v) is 5.75. The Morgan fingerprint density at radius 2 is 1.92 bits per heavy atom. The Balaban J connectivity index is 1.69. The summed E-state index contributed by atoms with van der Waals surface area (Å²) in [5.74, 6) is 1.84. The molecule has 1 atom stereocenters. The van der Waals surface area contributed by atoms with E-state index in [1.54, 1.807) is 0 Å². The number of aryl methyl sites for hydroxylation is 3. The molecule has 0 spiro atoms. The molecular formula is C22H25ClN2O. The first kappa shape index (κ1) is 17.6. The van der Waals surface area contributed by atoms with Crippen LogP contribution in [0, 0.1) is 19.8 Å². The van der Waals surface area contributed by atoms with Gasteiger partial charge in [0.05, 0.1) is 11.0 Å². The molecule has 4 heteroatoms. The van der Waals surface area contributed by atoms with Gasteiger partial charge in [-0.05, 0) is 73.6 Å². The third kappa shape index (κ3) is 3.65. The minimum atomic E-state index is 0.669. The van der Waals surface area contributed by atoms with Gasteiger partial charge in [-0.2, -0.15) is 0 Å². The molecule has 2 heterocycles. The minimum Gasteiger partial charge on any atom is -0.381 e. The second-order valence-corrected chi connectivity index (χ2v) is 7.87. The van der Waals surface area contributed by atoms with Crippen LogP contribution in [0.3, 0.4) is 0 Å². The zero-order valence-electron chi connectivity index (χ0n) is 15.5. The smallest absolute Gasteiger partial charge is 0.110 e. The van der Waals surface area contributed by atoms with Crippen molar-refractivity contribution in [3.05, 3.63) is 63.9 Å². The second kappa shape index (κ2) is 7.42. The van der Waals surface area contributed by atoms with Crippen molar-refractivity contribution in [1.29, 1.82) is 0 Å². The standard InChI is InChI=1S/C22H25ClN2O/c1-15-11-20-21(12-16(15)2)25(13-17-3-6-19(23)7-4-17)22(24-20)8-5-18-9-10-26-14-18/h3-4,6-7,11-12,18H,5,8-10,13-14H2,1-2H3. The molecule has 3 aromatic rings. The fraction of sp³-hybridized carbons (Fsp3) is 0.409. The van der Waals surface area contributed by atoms with Crippen LogP contribution in [-0.2, 0) is 17.7 Å². The van der Waals surface area contributed by atoms with Crippen LogP contribution in [0.2, 0.25) is 5.02 Å². The van der Waals surface area contributed by atoms with E-state index in [0.717, 1.165) is 43.1 Å². The highest BCUT2D eigenvalue weighted by Gasteiger charge is 2.18. The minimum absolute atomic E-state index is 0.669.